The van der Waals surface area contributed by atoms with Gasteiger partial charge in [-0.15, -0.1) is 0 Å². The molecule has 4 nitrogen and oxygen atoms in total. The van der Waals surface area contributed by atoms with Crippen LogP contribution in [0.2, 0.25) is 5.02 Å². The minimum Gasteiger partial charge on any atom is -0.472 e. The minimum atomic E-state index is -0.287. The lowest BCUT2D eigenvalue weighted by Crippen LogP contribution is -2.27. The van der Waals surface area contributed by atoms with E-state index >= 15 is 0 Å². The van der Waals surface area contributed by atoms with E-state index in [0.29, 0.717) is 11.6 Å². The van der Waals surface area contributed by atoms with Crippen molar-refractivity contribution in [3.8, 4) is 0 Å². The Kier molecular flexibility index (Phi) is 5.60. The number of furan rings is 1. The van der Waals surface area contributed by atoms with Crippen LogP contribution < -0.4 is 5.32 Å². The first-order valence-corrected chi connectivity index (χ1v) is 6.84. The van der Waals surface area contributed by atoms with Crippen molar-refractivity contribution >= 4 is 23.6 Å². The zero-order valence-electron chi connectivity index (χ0n) is 11.6. The average molecular weight is 306 g/mol. The molecule has 0 saturated carbocycles. The third-order valence-corrected chi connectivity index (χ3v) is 3.31. The van der Waals surface area contributed by atoms with Crippen molar-refractivity contribution in [3.05, 3.63) is 65.1 Å². The van der Waals surface area contributed by atoms with E-state index in [-0.39, 0.29) is 12.0 Å². The number of carbonyl (C=O) groups is 1. The maximum absolute atomic E-state index is 11.8. The van der Waals surface area contributed by atoms with Crippen LogP contribution in [0.1, 0.15) is 17.2 Å². The van der Waals surface area contributed by atoms with Crippen molar-refractivity contribution in [1.82, 2.24) is 5.32 Å². The molecule has 1 N–H and O–H groups in total. The molecule has 0 fully saturated rings. The molecule has 21 heavy (non-hydrogen) atoms. The summed E-state index contributed by atoms with van der Waals surface area (Å²) in [4.78, 5) is 11.8. The Morgan fingerprint density at radius 3 is 2.90 bits per heavy atom. The third-order valence-electron chi connectivity index (χ3n) is 2.97. The lowest BCUT2D eigenvalue weighted by Gasteiger charge is -2.17. The Hall–Kier alpha value is -2.04. The first-order chi connectivity index (χ1) is 10.2. The molecule has 2 rings (SSSR count). The first-order valence-electron chi connectivity index (χ1n) is 6.46. The van der Waals surface area contributed by atoms with Crippen LogP contribution in [0.5, 0.6) is 0 Å². The van der Waals surface area contributed by atoms with Crippen molar-refractivity contribution in [2.24, 2.45) is 0 Å². The third kappa shape index (κ3) is 4.48. The fourth-order valence-corrected chi connectivity index (χ4v) is 2.11. The molecule has 1 heterocycles. The van der Waals surface area contributed by atoms with Crippen molar-refractivity contribution in [1.29, 1.82) is 0 Å². The quantitative estimate of drug-likeness (QED) is 0.832. The molecular weight excluding hydrogens is 290 g/mol. The molecule has 0 bridgehead atoms. The van der Waals surface area contributed by atoms with E-state index in [1.807, 2.05) is 18.2 Å². The Balaban J connectivity index is 1.91. The second-order valence-corrected chi connectivity index (χ2v) is 4.79. The predicted octanol–water partition coefficient (Wildman–Crippen LogP) is 3.45. The summed E-state index contributed by atoms with van der Waals surface area (Å²) in [5.74, 6) is -0.203. The molecule has 1 atom stereocenters. The summed E-state index contributed by atoms with van der Waals surface area (Å²) in [7, 11) is 1.58. The van der Waals surface area contributed by atoms with Crippen LogP contribution in [0, 0.1) is 0 Å². The Labute approximate surface area is 128 Å². The molecular formula is C16H16ClNO3. The highest BCUT2D eigenvalue weighted by atomic mass is 35.5. The predicted molar refractivity (Wildman–Crippen MR) is 82.0 cm³/mol. The van der Waals surface area contributed by atoms with Crippen LogP contribution in [-0.2, 0) is 9.53 Å². The molecule has 5 heteroatoms. The molecule has 0 radical (unpaired) electrons. The molecule has 0 aliphatic rings. The van der Waals surface area contributed by atoms with E-state index in [9.17, 15) is 4.79 Å². The van der Waals surface area contributed by atoms with Crippen LogP contribution in [0.25, 0.3) is 6.08 Å². The van der Waals surface area contributed by atoms with Crippen LogP contribution in [0.15, 0.2) is 53.4 Å². The number of carbonyl (C=O) groups excluding carboxylic acids is 1. The van der Waals surface area contributed by atoms with Gasteiger partial charge in [-0.2, -0.15) is 0 Å². The number of methoxy groups -OCH3 is 1. The molecule has 0 aliphatic carbocycles. The van der Waals surface area contributed by atoms with Gasteiger partial charge in [0.05, 0.1) is 12.5 Å². The molecule has 2 aromatic rings. The summed E-state index contributed by atoms with van der Waals surface area (Å²) in [5, 5.41) is 3.40. The van der Waals surface area contributed by atoms with Gasteiger partial charge in [-0.05, 0) is 18.2 Å². The number of hydrogen-bond acceptors (Lipinski definition) is 3. The van der Waals surface area contributed by atoms with Gasteiger partial charge in [-0.25, -0.2) is 0 Å². The van der Waals surface area contributed by atoms with Gasteiger partial charge >= 0.3 is 0 Å². The summed E-state index contributed by atoms with van der Waals surface area (Å²) in [6, 6.07) is 9.18. The largest absolute Gasteiger partial charge is 0.472 e. The van der Waals surface area contributed by atoms with Crippen LogP contribution >= 0.6 is 11.6 Å². The second kappa shape index (κ2) is 7.67. The van der Waals surface area contributed by atoms with E-state index in [2.05, 4.69) is 5.32 Å². The van der Waals surface area contributed by atoms with Crippen molar-refractivity contribution < 1.29 is 13.9 Å². The lowest BCUT2D eigenvalue weighted by molar-refractivity contribution is -0.117. The lowest BCUT2D eigenvalue weighted by atomic mass is 10.1. The van der Waals surface area contributed by atoms with Crippen molar-refractivity contribution in [3.63, 3.8) is 0 Å². The Morgan fingerprint density at radius 2 is 2.24 bits per heavy atom. The highest BCUT2D eigenvalue weighted by Gasteiger charge is 2.14. The van der Waals surface area contributed by atoms with Crippen molar-refractivity contribution in [2.45, 2.75) is 6.10 Å². The van der Waals surface area contributed by atoms with E-state index in [1.54, 1.807) is 37.8 Å². The molecule has 1 aromatic heterocycles. The Bertz CT molecular complexity index is 608. The van der Waals surface area contributed by atoms with Gasteiger partial charge in [-0.1, -0.05) is 29.8 Å². The van der Waals surface area contributed by atoms with Gasteiger partial charge in [0, 0.05) is 35.9 Å². The number of nitrogens with one attached hydrogen (secondary N) is 1. The monoisotopic (exact) mass is 305 g/mol. The fourth-order valence-electron chi connectivity index (χ4n) is 1.85. The number of amides is 1. The zero-order valence-corrected chi connectivity index (χ0v) is 12.3. The molecule has 1 amide bonds. The van der Waals surface area contributed by atoms with Crippen molar-refractivity contribution in [2.75, 3.05) is 13.7 Å². The normalized spacial score (nSPS) is 12.5. The van der Waals surface area contributed by atoms with E-state index in [0.717, 1.165) is 11.1 Å². The standard InChI is InChI=1S/C16H16ClNO3/c1-20-15(13-4-2-3-5-14(13)17)10-18-16(19)7-6-12-8-9-21-11-12/h2-9,11,15H,10H2,1H3,(H,18,19)/b7-6+. The minimum absolute atomic E-state index is 0.203. The van der Waals surface area contributed by atoms with Gasteiger partial charge in [-0.3, -0.25) is 4.79 Å². The molecule has 1 unspecified atom stereocenters. The molecule has 1 aromatic carbocycles. The van der Waals surface area contributed by atoms with E-state index in [4.69, 9.17) is 20.8 Å². The van der Waals surface area contributed by atoms with Gasteiger partial charge < -0.3 is 14.5 Å². The highest BCUT2D eigenvalue weighted by molar-refractivity contribution is 6.31. The van der Waals surface area contributed by atoms with Gasteiger partial charge in [0.2, 0.25) is 5.91 Å². The molecule has 0 saturated heterocycles. The maximum atomic E-state index is 11.8. The van der Waals surface area contributed by atoms with Gasteiger partial charge in [0.15, 0.2) is 0 Å². The summed E-state index contributed by atoms with van der Waals surface area (Å²) in [5.41, 5.74) is 1.68. The first kappa shape index (κ1) is 15.4. The SMILES string of the molecule is COC(CNC(=O)/C=C/c1ccoc1)c1ccccc1Cl. The average Bonchev–Trinajstić information content (AvgIpc) is 3.01. The maximum Gasteiger partial charge on any atom is 0.244 e. The molecule has 0 aliphatic heterocycles. The van der Waals surface area contributed by atoms with Gasteiger partial charge in [0.25, 0.3) is 0 Å². The summed E-state index contributed by atoms with van der Waals surface area (Å²) in [6.07, 6.45) is 5.95. The van der Waals surface area contributed by atoms with Gasteiger partial charge in [0.1, 0.15) is 6.10 Å². The molecule has 110 valence electrons. The number of hydrogen-bond donors (Lipinski definition) is 1. The van der Waals surface area contributed by atoms with E-state index in [1.165, 1.54) is 6.08 Å². The number of rotatable bonds is 6. The second-order valence-electron chi connectivity index (χ2n) is 4.38. The molecule has 0 spiro atoms. The topological polar surface area (TPSA) is 51.5 Å². The fraction of sp³-hybridized carbons (Fsp3) is 0.188. The summed E-state index contributed by atoms with van der Waals surface area (Å²) >= 11 is 6.12. The van der Waals surface area contributed by atoms with Crippen LogP contribution in [-0.4, -0.2) is 19.6 Å². The summed E-state index contributed by atoms with van der Waals surface area (Å²) in [6.45, 7) is 0.342. The number of ether oxygens (including phenoxy) is 1. The van der Waals surface area contributed by atoms with Crippen LogP contribution in [0.3, 0.4) is 0 Å². The zero-order chi connectivity index (χ0) is 15.1. The Morgan fingerprint density at radius 1 is 1.43 bits per heavy atom. The van der Waals surface area contributed by atoms with E-state index < -0.39 is 0 Å². The van der Waals surface area contributed by atoms with Crippen LogP contribution in [0.4, 0.5) is 0 Å². The summed E-state index contributed by atoms with van der Waals surface area (Å²) < 4.78 is 10.3. The highest BCUT2D eigenvalue weighted by Crippen LogP contribution is 2.24. The number of halogens is 1. The number of benzene rings is 1. The smallest absolute Gasteiger partial charge is 0.244 e.